The van der Waals surface area contributed by atoms with Crippen LogP contribution >= 0.6 is 69.6 Å². The molecule has 8 nitrogen and oxygen atoms in total. The zero-order valence-corrected chi connectivity index (χ0v) is 23.9. The number of aryl methyl sites for hydroxylation is 4. The quantitative estimate of drug-likeness (QED) is 0.0825. The van der Waals surface area contributed by atoms with Gasteiger partial charge in [-0.25, -0.2) is 38.2 Å². The summed E-state index contributed by atoms with van der Waals surface area (Å²) in [6.45, 7) is 0. The first-order valence-corrected chi connectivity index (χ1v) is 14.1. The number of hydrogen-bond donors (Lipinski definition) is 8. The Balaban J connectivity index is 0.000000371. The van der Waals surface area contributed by atoms with E-state index >= 15 is 0 Å². The molecule has 0 bridgehead atoms. The predicted octanol–water partition coefficient (Wildman–Crippen LogP) is 1.89. The van der Waals surface area contributed by atoms with Crippen molar-refractivity contribution >= 4 is 69.6 Å². The van der Waals surface area contributed by atoms with Gasteiger partial charge in [0.2, 0.25) is 0 Å². The summed E-state index contributed by atoms with van der Waals surface area (Å²) in [7, 11) is 17.3. The fraction of sp³-hybridized carbons (Fsp3) is 0.250. The summed E-state index contributed by atoms with van der Waals surface area (Å²) in [6.07, 6.45) is 15.0. The molecule has 0 spiro atoms. The number of nitrogens with zero attached hydrogens (tertiary/aromatic N) is 4. The van der Waals surface area contributed by atoms with Crippen LogP contribution in [-0.4, -0.2) is 19.9 Å². The molecule has 4 aromatic heterocycles. The Morgan fingerprint density at radius 1 is 0.548 bits per heavy atom. The summed E-state index contributed by atoms with van der Waals surface area (Å²) in [5.74, 6) is 0. The molecule has 0 saturated carbocycles. The first-order valence-electron chi connectivity index (χ1n) is 8.34. The minimum absolute atomic E-state index is 0.106. The van der Waals surface area contributed by atoms with Gasteiger partial charge in [0, 0.05) is 0 Å². The molecule has 15 heteroatoms. The molecule has 0 aliphatic carbocycles. The predicted molar refractivity (Wildman–Crippen MR) is 129 cm³/mol. The topological polar surface area (TPSA) is 78.7 Å². The molecule has 4 heterocycles. The summed E-state index contributed by atoms with van der Waals surface area (Å²) >= 11 is 16.1. The van der Waals surface area contributed by atoms with E-state index < -0.39 is 0 Å². The Morgan fingerprint density at radius 2 is 0.710 bits per heavy atom. The molecule has 4 N–H and O–H groups in total. The number of hydrogen-bond acceptors (Lipinski definition) is 4. The van der Waals surface area contributed by atoms with Gasteiger partial charge in [-0.05, 0) is 0 Å². The molecular formula is C16H28Cl2N8PdS4+4. The van der Waals surface area contributed by atoms with Crippen LogP contribution in [0.3, 0.4) is 0 Å². The molecule has 0 saturated heterocycles. The fourth-order valence-electron chi connectivity index (χ4n) is 1.58. The minimum atomic E-state index is -0.106. The zero-order valence-electron chi connectivity index (χ0n) is 17.3. The van der Waals surface area contributed by atoms with E-state index in [1.807, 2.05) is 96.0 Å². The monoisotopic (exact) mass is 636 g/mol. The molecular weight excluding hydrogens is 610 g/mol. The van der Waals surface area contributed by atoms with E-state index in [2.05, 4.69) is 70.5 Å². The SMILES string of the molecule is C[n+]1cc[nH]c1S.C[n+]1cc[nH]c1S.C[n+]1cc[nH]c1S.C[n+]1cc[nH]c1S.[Cl][Pd][Cl]. The third-order valence-electron chi connectivity index (χ3n) is 3.38. The summed E-state index contributed by atoms with van der Waals surface area (Å²) in [5, 5.41) is 3.50. The van der Waals surface area contributed by atoms with Crippen molar-refractivity contribution < 1.29 is 34.2 Å². The van der Waals surface area contributed by atoms with Crippen LogP contribution in [0, 0.1) is 0 Å². The molecule has 0 aliphatic heterocycles. The number of thiol groups is 4. The van der Waals surface area contributed by atoms with Gasteiger partial charge in [0.1, 0.15) is 49.6 Å². The Kier molecular flexibility index (Phi) is 17.7. The Hall–Kier alpha value is -0.518. The van der Waals surface area contributed by atoms with Crippen LogP contribution in [0.25, 0.3) is 0 Å². The van der Waals surface area contributed by atoms with Gasteiger partial charge in [-0.1, -0.05) is 50.5 Å². The molecule has 0 unspecified atom stereocenters. The van der Waals surface area contributed by atoms with Gasteiger partial charge in [0.25, 0.3) is 0 Å². The maximum atomic E-state index is 4.81. The third-order valence-corrected chi connectivity index (χ3v) is 5.16. The zero-order chi connectivity index (χ0) is 23.8. The molecule has 0 radical (unpaired) electrons. The first-order chi connectivity index (χ1) is 14.6. The number of nitrogens with one attached hydrogen (secondary N) is 4. The molecule has 4 aromatic rings. The Labute approximate surface area is 220 Å². The van der Waals surface area contributed by atoms with Crippen molar-refractivity contribution in [3.05, 3.63) is 49.6 Å². The van der Waals surface area contributed by atoms with E-state index in [1.54, 1.807) is 0 Å². The third kappa shape index (κ3) is 14.3. The molecule has 0 amide bonds. The van der Waals surface area contributed by atoms with E-state index in [-0.39, 0.29) is 15.9 Å². The average molecular weight is 638 g/mol. The average Bonchev–Trinajstić information content (AvgIpc) is 3.49. The normalized spacial score (nSPS) is 9.23. The van der Waals surface area contributed by atoms with Crippen molar-refractivity contribution in [3.63, 3.8) is 0 Å². The molecule has 31 heavy (non-hydrogen) atoms. The van der Waals surface area contributed by atoms with Gasteiger partial charge in [-0.3, -0.25) is 0 Å². The van der Waals surface area contributed by atoms with Crippen molar-refractivity contribution in [2.45, 2.75) is 20.6 Å². The van der Waals surface area contributed by atoms with E-state index in [9.17, 15) is 0 Å². The summed E-state index contributed by atoms with van der Waals surface area (Å²) in [4.78, 5) is 11.6. The van der Waals surface area contributed by atoms with E-state index in [4.69, 9.17) is 19.1 Å². The van der Waals surface area contributed by atoms with Gasteiger partial charge in [-0.2, -0.15) is 0 Å². The van der Waals surface area contributed by atoms with Crippen LogP contribution in [0.1, 0.15) is 0 Å². The second-order valence-corrected chi connectivity index (χ2v) is 9.68. The van der Waals surface area contributed by atoms with Crippen LogP contribution < -0.4 is 18.3 Å². The van der Waals surface area contributed by atoms with Crippen LogP contribution in [-0.2, 0) is 44.1 Å². The Morgan fingerprint density at radius 3 is 0.742 bits per heavy atom. The molecule has 0 aromatic carbocycles. The number of aromatic nitrogens is 8. The second kappa shape index (κ2) is 18.0. The summed E-state index contributed by atoms with van der Waals surface area (Å²) < 4.78 is 7.57. The van der Waals surface area contributed by atoms with Gasteiger partial charge in [-0.15, -0.1) is 0 Å². The van der Waals surface area contributed by atoms with Crippen LogP contribution in [0.4, 0.5) is 0 Å². The number of rotatable bonds is 0. The standard InChI is InChI=1S/4C4H6N2S.2ClH.Pd/c4*1-6-3-2-5-4(6)7;;;/h4*2-3H,1H3,(H,5,7);2*1H;/q;;;;;;+2/p+2. The van der Waals surface area contributed by atoms with Gasteiger partial charge in [0.15, 0.2) is 0 Å². The van der Waals surface area contributed by atoms with E-state index in [1.165, 1.54) is 0 Å². The number of aromatic amines is 4. The number of H-pyrrole nitrogens is 4. The second-order valence-electron chi connectivity index (χ2n) is 5.62. The van der Waals surface area contributed by atoms with Crippen molar-refractivity contribution in [2.75, 3.05) is 0 Å². The number of halogens is 2. The summed E-state index contributed by atoms with van der Waals surface area (Å²) in [6, 6.07) is 0. The van der Waals surface area contributed by atoms with E-state index in [0.717, 1.165) is 20.6 Å². The van der Waals surface area contributed by atoms with Crippen LogP contribution in [0.5, 0.6) is 0 Å². The molecule has 0 atom stereocenters. The van der Waals surface area contributed by atoms with Crippen molar-refractivity contribution in [2.24, 2.45) is 28.2 Å². The molecule has 4 rings (SSSR count). The summed E-state index contributed by atoms with van der Waals surface area (Å²) in [5.41, 5.74) is 0. The van der Waals surface area contributed by atoms with Crippen LogP contribution in [0.2, 0.25) is 0 Å². The van der Waals surface area contributed by atoms with Gasteiger partial charge >= 0.3 is 55.6 Å². The van der Waals surface area contributed by atoms with Gasteiger partial charge < -0.3 is 0 Å². The molecule has 176 valence electrons. The number of imidazole rings is 4. The Bertz CT molecular complexity index is 753. The van der Waals surface area contributed by atoms with Crippen LogP contribution in [0.15, 0.2) is 70.2 Å². The van der Waals surface area contributed by atoms with Crippen molar-refractivity contribution in [3.8, 4) is 0 Å². The molecule has 0 fully saturated rings. The fourth-order valence-corrected chi connectivity index (χ4v) is 2.15. The van der Waals surface area contributed by atoms with E-state index in [0.29, 0.717) is 0 Å². The molecule has 0 aliphatic rings. The maximum absolute atomic E-state index is 4.81. The van der Waals surface area contributed by atoms with Crippen molar-refractivity contribution in [1.82, 2.24) is 19.9 Å². The van der Waals surface area contributed by atoms with Crippen molar-refractivity contribution in [1.29, 1.82) is 0 Å². The van der Waals surface area contributed by atoms with Gasteiger partial charge in [0.05, 0.1) is 28.2 Å². The first kappa shape index (κ1) is 30.5.